The quantitative estimate of drug-likeness (QED) is 0.781. The van der Waals surface area contributed by atoms with Crippen LogP contribution in [-0.4, -0.2) is 60.8 Å². The number of pyridine rings is 1. The Labute approximate surface area is 158 Å². The van der Waals surface area contributed by atoms with E-state index >= 15 is 0 Å². The van der Waals surface area contributed by atoms with Gasteiger partial charge in [-0.3, -0.25) is 9.78 Å². The minimum atomic E-state index is -3.45. The average Bonchev–Trinajstić information content (AvgIpc) is 3.20. The second kappa shape index (κ2) is 7.28. The lowest BCUT2D eigenvalue weighted by Crippen LogP contribution is -2.56. The first-order valence-corrected chi connectivity index (χ1v) is 10.4. The van der Waals surface area contributed by atoms with Gasteiger partial charge in [-0.2, -0.15) is 4.31 Å². The highest BCUT2D eigenvalue weighted by atomic mass is 32.2. The van der Waals surface area contributed by atoms with Crippen molar-refractivity contribution in [3.8, 4) is 5.75 Å². The number of nitrogens with zero attached hydrogens (tertiary/aromatic N) is 3. The first kappa shape index (κ1) is 17.9. The summed E-state index contributed by atoms with van der Waals surface area (Å²) < 4.78 is 32.3. The van der Waals surface area contributed by atoms with E-state index in [9.17, 15) is 13.2 Å². The molecule has 0 aliphatic carbocycles. The number of sulfonamides is 1. The molecule has 1 aromatic heterocycles. The van der Waals surface area contributed by atoms with Gasteiger partial charge in [-0.15, -0.1) is 0 Å². The molecule has 0 saturated carbocycles. The molecule has 2 saturated heterocycles. The Morgan fingerprint density at radius 1 is 1.07 bits per heavy atom. The van der Waals surface area contributed by atoms with Gasteiger partial charge < -0.3 is 9.64 Å². The number of benzene rings is 1. The van der Waals surface area contributed by atoms with Gasteiger partial charge in [-0.05, 0) is 49.2 Å². The molecule has 2 aliphatic heterocycles. The van der Waals surface area contributed by atoms with Gasteiger partial charge in [-0.25, -0.2) is 8.42 Å². The topological polar surface area (TPSA) is 79.8 Å². The fourth-order valence-electron chi connectivity index (χ4n) is 3.32. The van der Waals surface area contributed by atoms with Crippen molar-refractivity contribution < 1.29 is 17.9 Å². The maximum atomic E-state index is 12.5. The van der Waals surface area contributed by atoms with E-state index in [1.165, 1.54) is 16.4 Å². The van der Waals surface area contributed by atoms with E-state index in [0.717, 1.165) is 12.8 Å². The van der Waals surface area contributed by atoms with Crippen LogP contribution in [0.15, 0.2) is 53.7 Å². The van der Waals surface area contributed by atoms with Crippen LogP contribution in [0.1, 0.15) is 23.2 Å². The predicted molar refractivity (Wildman–Crippen MR) is 99.0 cm³/mol. The molecule has 7 nitrogen and oxygen atoms in total. The Hall–Kier alpha value is -2.45. The summed E-state index contributed by atoms with van der Waals surface area (Å²) in [6.07, 6.45) is 5.06. The number of amides is 1. The van der Waals surface area contributed by atoms with Gasteiger partial charge in [-0.1, -0.05) is 0 Å². The molecule has 1 aromatic carbocycles. The first-order valence-electron chi connectivity index (χ1n) is 9.00. The summed E-state index contributed by atoms with van der Waals surface area (Å²) in [6.45, 7) is 2.13. The SMILES string of the molecule is O=C(c1ccc(S(=O)(=O)N2CCCC2)cc1)N1CC(Oc2cccnc2)C1. The standard InChI is InChI=1S/C19H21N3O4S/c23-19(21-13-17(14-21)26-16-4-3-9-20-12-16)15-5-7-18(8-6-15)27(24,25)22-10-1-2-11-22/h3-9,12,17H,1-2,10-11,13-14H2. The van der Waals surface area contributed by atoms with Gasteiger partial charge in [0, 0.05) is 24.8 Å². The summed E-state index contributed by atoms with van der Waals surface area (Å²) in [4.78, 5) is 18.5. The Kier molecular flexibility index (Phi) is 4.84. The molecule has 4 rings (SSSR count). The highest BCUT2D eigenvalue weighted by Crippen LogP contribution is 2.23. The van der Waals surface area contributed by atoms with Crippen LogP contribution < -0.4 is 4.74 Å². The van der Waals surface area contributed by atoms with Crippen molar-refractivity contribution in [3.05, 3.63) is 54.4 Å². The molecular formula is C19H21N3O4S. The molecule has 142 valence electrons. The molecule has 27 heavy (non-hydrogen) atoms. The van der Waals surface area contributed by atoms with E-state index in [0.29, 0.717) is 37.5 Å². The number of hydrogen-bond donors (Lipinski definition) is 0. The lowest BCUT2D eigenvalue weighted by atomic mass is 10.1. The third-order valence-electron chi connectivity index (χ3n) is 4.88. The van der Waals surface area contributed by atoms with Gasteiger partial charge in [0.15, 0.2) is 0 Å². The summed E-state index contributed by atoms with van der Waals surface area (Å²) in [5.41, 5.74) is 0.482. The van der Waals surface area contributed by atoms with Crippen molar-refractivity contribution in [1.29, 1.82) is 0 Å². The number of rotatable bonds is 5. The fraction of sp³-hybridized carbons (Fsp3) is 0.368. The summed E-state index contributed by atoms with van der Waals surface area (Å²) in [5.74, 6) is 0.567. The van der Waals surface area contributed by atoms with E-state index in [1.54, 1.807) is 35.5 Å². The van der Waals surface area contributed by atoms with Crippen LogP contribution in [0.5, 0.6) is 5.75 Å². The lowest BCUT2D eigenvalue weighted by Gasteiger charge is -2.38. The molecule has 0 bridgehead atoms. The molecule has 2 aromatic rings. The summed E-state index contributed by atoms with van der Waals surface area (Å²) in [5, 5.41) is 0. The monoisotopic (exact) mass is 387 g/mol. The highest BCUT2D eigenvalue weighted by molar-refractivity contribution is 7.89. The second-order valence-electron chi connectivity index (χ2n) is 6.77. The van der Waals surface area contributed by atoms with Crippen LogP contribution in [-0.2, 0) is 10.0 Å². The Morgan fingerprint density at radius 3 is 2.41 bits per heavy atom. The normalized spacial score (nSPS) is 18.3. The van der Waals surface area contributed by atoms with E-state index < -0.39 is 10.0 Å². The first-order chi connectivity index (χ1) is 13.0. The molecule has 0 spiro atoms. The van der Waals surface area contributed by atoms with Crippen molar-refractivity contribution in [2.75, 3.05) is 26.2 Å². The number of carbonyl (C=O) groups excluding carboxylic acids is 1. The number of ether oxygens (including phenoxy) is 1. The number of carbonyl (C=O) groups is 1. The van der Waals surface area contributed by atoms with Gasteiger partial charge in [0.25, 0.3) is 5.91 Å². The molecular weight excluding hydrogens is 366 g/mol. The van der Waals surface area contributed by atoms with Crippen molar-refractivity contribution >= 4 is 15.9 Å². The number of hydrogen-bond acceptors (Lipinski definition) is 5. The van der Waals surface area contributed by atoms with Crippen LogP contribution in [0.3, 0.4) is 0 Å². The molecule has 8 heteroatoms. The Balaban J connectivity index is 1.36. The Bertz CT molecular complexity index is 904. The molecule has 0 atom stereocenters. The molecule has 0 N–H and O–H groups in total. The second-order valence-corrected chi connectivity index (χ2v) is 8.71. The van der Waals surface area contributed by atoms with E-state index in [4.69, 9.17) is 4.74 Å². The van der Waals surface area contributed by atoms with E-state index in [-0.39, 0.29) is 16.9 Å². The minimum Gasteiger partial charge on any atom is -0.485 e. The zero-order chi connectivity index (χ0) is 18.9. The van der Waals surface area contributed by atoms with Crippen molar-refractivity contribution in [3.63, 3.8) is 0 Å². The number of aromatic nitrogens is 1. The number of likely N-dealkylation sites (tertiary alicyclic amines) is 1. The molecule has 0 unspecified atom stereocenters. The zero-order valence-electron chi connectivity index (χ0n) is 14.8. The smallest absolute Gasteiger partial charge is 0.254 e. The van der Waals surface area contributed by atoms with E-state index in [1.807, 2.05) is 6.07 Å². The third-order valence-corrected chi connectivity index (χ3v) is 6.79. The van der Waals surface area contributed by atoms with Crippen molar-refractivity contribution in [1.82, 2.24) is 14.2 Å². The largest absolute Gasteiger partial charge is 0.485 e. The molecule has 2 aliphatic rings. The molecule has 2 fully saturated rings. The average molecular weight is 387 g/mol. The fourth-order valence-corrected chi connectivity index (χ4v) is 4.83. The third kappa shape index (κ3) is 3.68. The maximum Gasteiger partial charge on any atom is 0.254 e. The van der Waals surface area contributed by atoms with Gasteiger partial charge in [0.1, 0.15) is 11.9 Å². The summed E-state index contributed by atoms with van der Waals surface area (Å²) in [6, 6.07) is 9.83. The summed E-state index contributed by atoms with van der Waals surface area (Å²) in [7, 11) is -3.45. The highest BCUT2D eigenvalue weighted by Gasteiger charge is 2.33. The maximum absolute atomic E-state index is 12.5. The van der Waals surface area contributed by atoms with Crippen LogP contribution >= 0.6 is 0 Å². The van der Waals surface area contributed by atoms with Crippen molar-refractivity contribution in [2.45, 2.75) is 23.8 Å². The predicted octanol–water partition coefficient (Wildman–Crippen LogP) is 1.77. The lowest BCUT2D eigenvalue weighted by molar-refractivity contribution is 0.0176. The van der Waals surface area contributed by atoms with E-state index in [2.05, 4.69) is 4.98 Å². The van der Waals surface area contributed by atoms with Crippen LogP contribution in [0.2, 0.25) is 0 Å². The summed E-state index contributed by atoms with van der Waals surface area (Å²) >= 11 is 0. The molecule has 3 heterocycles. The molecule has 1 amide bonds. The van der Waals surface area contributed by atoms with Crippen LogP contribution in [0, 0.1) is 0 Å². The Morgan fingerprint density at radius 2 is 1.78 bits per heavy atom. The van der Waals surface area contributed by atoms with Crippen LogP contribution in [0.4, 0.5) is 0 Å². The van der Waals surface area contributed by atoms with Gasteiger partial charge in [0.2, 0.25) is 10.0 Å². The zero-order valence-corrected chi connectivity index (χ0v) is 15.6. The van der Waals surface area contributed by atoms with Crippen molar-refractivity contribution in [2.24, 2.45) is 0 Å². The van der Waals surface area contributed by atoms with Gasteiger partial charge in [0.05, 0.1) is 24.2 Å². The van der Waals surface area contributed by atoms with Gasteiger partial charge >= 0.3 is 0 Å². The molecule has 0 radical (unpaired) electrons. The van der Waals surface area contributed by atoms with Crippen LogP contribution in [0.25, 0.3) is 0 Å². The minimum absolute atomic E-state index is 0.0482.